The molecule has 3 aromatic rings. The number of nitrogens with one attached hydrogen (secondary N) is 1. The van der Waals surface area contributed by atoms with Crippen molar-refractivity contribution in [2.75, 3.05) is 11.1 Å². The van der Waals surface area contributed by atoms with Gasteiger partial charge in [-0.1, -0.05) is 48.2 Å². The van der Waals surface area contributed by atoms with Gasteiger partial charge < -0.3 is 5.32 Å². The van der Waals surface area contributed by atoms with E-state index in [1.165, 1.54) is 6.07 Å². The Morgan fingerprint density at radius 3 is 2.37 bits per heavy atom. The van der Waals surface area contributed by atoms with E-state index in [2.05, 4.69) is 15.3 Å². The number of para-hydroxylation sites is 2. The molecule has 0 atom stereocenters. The zero-order valence-corrected chi connectivity index (χ0v) is 15.4. The van der Waals surface area contributed by atoms with Gasteiger partial charge >= 0.3 is 6.18 Å². The summed E-state index contributed by atoms with van der Waals surface area (Å²) in [5, 5.41) is 3.43. The van der Waals surface area contributed by atoms with E-state index >= 15 is 0 Å². The first-order valence-corrected chi connectivity index (χ1v) is 9.07. The van der Waals surface area contributed by atoms with Crippen LogP contribution in [0.2, 0.25) is 0 Å². The monoisotopic (exact) mass is 391 g/mol. The second kappa shape index (κ2) is 7.56. The summed E-state index contributed by atoms with van der Waals surface area (Å²) in [6.45, 7) is 3.76. The van der Waals surface area contributed by atoms with Crippen molar-refractivity contribution in [3.8, 4) is 0 Å². The van der Waals surface area contributed by atoms with Crippen LogP contribution in [-0.2, 0) is 11.0 Å². The van der Waals surface area contributed by atoms with Gasteiger partial charge in [0.2, 0.25) is 11.7 Å². The third-order valence-corrected chi connectivity index (χ3v) is 4.90. The van der Waals surface area contributed by atoms with Gasteiger partial charge in [-0.05, 0) is 31.0 Å². The van der Waals surface area contributed by atoms with Gasteiger partial charge in [-0.2, -0.15) is 13.2 Å². The van der Waals surface area contributed by atoms with Crippen molar-refractivity contribution < 1.29 is 18.0 Å². The van der Waals surface area contributed by atoms with Crippen LogP contribution in [0, 0.1) is 13.8 Å². The molecule has 0 aliphatic heterocycles. The minimum absolute atomic E-state index is 0.0634. The average Bonchev–Trinajstić information content (AvgIpc) is 2.62. The minimum Gasteiger partial charge on any atom is -0.325 e. The standard InChI is InChI=1S/C19H16F3N3OS/c1-11-6-5-7-12(2)16(11)24-15(26)10-27-17-13-8-3-4-9-14(13)23-18(25-17)19(20,21)22/h3-9H,10H2,1-2H3,(H,24,26). The lowest BCUT2D eigenvalue weighted by molar-refractivity contribution is -0.145. The van der Waals surface area contributed by atoms with Crippen LogP contribution < -0.4 is 5.32 Å². The van der Waals surface area contributed by atoms with Crippen LogP contribution in [0.4, 0.5) is 18.9 Å². The van der Waals surface area contributed by atoms with Crippen molar-refractivity contribution in [3.63, 3.8) is 0 Å². The molecule has 1 amide bonds. The van der Waals surface area contributed by atoms with E-state index in [0.717, 1.165) is 22.9 Å². The Morgan fingerprint density at radius 1 is 1.04 bits per heavy atom. The molecule has 0 unspecified atom stereocenters. The molecule has 1 N–H and O–H groups in total. The minimum atomic E-state index is -4.65. The van der Waals surface area contributed by atoms with E-state index < -0.39 is 12.0 Å². The van der Waals surface area contributed by atoms with Gasteiger partial charge in [0, 0.05) is 11.1 Å². The molecular weight excluding hydrogens is 375 g/mol. The van der Waals surface area contributed by atoms with Gasteiger partial charge in [-0.3, -0.25) is 4.79 Å². The molecule has 1 aromatic heterocycles. The number of thioether (sulfide) groups is 1. The van der Waals surface area contributed by atoms with Gasteiger partial charge in [-0.15, -0.1) is 0 Å². The van der Waals surface area contributed by atoms with Crippen LogP contribution >= 0.6 is 11.8 Å². The normalized spacial score (nSPS) is 11.6. The molecule has 140 valence electrons. The number of nitrogens with zero attached hydrogens (tertiary/aromatic N) is 2. The third-order valence-electron chi connectivity index (χ3n) is 3.91. The smallest absolute Gasteiger partial charge is 0.325 e. The number of halogens is 3. The van der Waals surface area contributed by atoms with Crippen LogP contribution in [0.15, 0.2) is 47.5 Å². The Bertz CT molecular complexity index is 985. The Kier molecular flexibility index (Phi) is 5.36. The number of anilines is 1. The average molecular weight is 391 g/mol. The molecule has 0 bridgehead atoms. The highest BCUT2D eigenvalue weighted by Gasteiger charge is 2.35. The van der Waals surface area contributed by atoms with E-state index in [9.17, 15) is 18.0 Å². The molecule has 3 rings (SSSR count). The molecule has 4 nitrogen and oxygen atoms in total. The Balaban J connectivity index is 1.83. The number of hydrogen-bond acceptors (Lipinski definition) is 4. The summed E-state index contributed by atoms with van der Waals surface area (Å²) < 4.78 is 39.2. The summed E-state index contributed by atoms with van der Waals surface area (Å²) in [4.78, 5) is 19.5. The fourth-order valence-electron chi connectivity index (χ4n) is 2.61. The molecule has 8 heteroatoms. The molecule has 0 aliphatic carbocycles. The van der Waals surface area contributed by atoms with Crippen LogP contribution in [0.3, 0.4) is 0 Å². The zero-order chi connectivity index (χ0) is 19.6. The first-order chi connectivity index (χ1) is 12.8. The van der Waals surface area contributed by atoms with Gasteiger partial charge in [0.05, 0.1) is 11.3 Å². The number of aryl methyl sites for hydroxylation is 2. The zero-order valence-electron chi connectivity index (χ0n) is 14.6. The van der Waals surface area contributed by atoms with Crippen molar-refractivity contribution in [2.24, 2.45) is 0 Å². The highest BCUT2D eigenvalue weighted by molar-refractivity contribution is 8.00. The predicted octanol–water partition coefficient (Wildman–Crippen LogP) is 5.00. The van der Waals surface area contributed by atoms with Crippen molar-refractivity contribution in [2.45, 2.75) is 25.0 Å². The topological polar surface area (TPSA) is 54.9 Å². The number of carbonyl (C=O) groups is 1. The maximum Gasteiger partial charge on any atom is 0.451 e. The predicted molar refractivity (Wildman–Crippen MR) is 99.8 cm³/mol. The molecule has 0 aliphatic rings. The molecule has 2 aromatic carbocycles. The third kappa shape index (κ3) is 4.39. The summed E-state index contributed by atoms with van der Waals surface area (Å²) in [6.07, 6.45) is -4.65. The number of amides is 1. The van der Waals surface area contributed by atoms with Crippen molar-refractivity contribution in [1.29, 1.82) is 0 Å². The Labute approximate surface area is 158 Å². The summed E-state index contributed by atoms with van der Waals surface area (Å²) in [6, 6.07) is 12.1. The Morgan fingerprint density at radius 2 is 1.70 bits per heavy atom. The number of carbonyl (C=O) groups excluding carboxylic acids is 1. The van der Waals surface area contributed by atoms with Gasteiger partial charge in [0.1, 0.15) is 5.03 Å². The summed E-state index contributed by atoms with van der Waals surface area (Å²) in [5.74, 6) is -1.58. The molecular formula is C19H16F3N3OS. The van der Waals surface area contributed by atoms with Crippen molar-refractivity contribution >= 4 is 34.3 Å². The fourth-order valence-corrected chi connectivity index (χ4v) is 3.42. The maximum absolute atomic E-state index is 13.1. The molecule has 0 fully saturated rings. The quantitative estimate of drug-likeness (QED) is 0.503. The van der Waals surface area contributed by atoms with Crippen LogP contribution in [-0.4, -0.2) is 21.6 Å². The number of aromatic nitrogens is 2. The fraction of sp³-hybridized carbons (Fsp3) is 0.211. The van der Waals surface area contributed by atoms with E-state index in [1.807, 2.05) is 32.0 Å². The molecule has 0 saturated carbocycles. The molecule has 1 heterocycles. The summed E-state index contributed by atoms with van der Waals surface area (Å²) >= 11 is 0.956. The summed E-state index contributed by atoms with van der Waals surface area (Å²) in [5.41, 5.74) is 2.74. The SMILES string of the molecule is Cc1cccc(C)c1NC(=O)CSc1nc(C(F)(F)F)nc2ccccc12. The van der Waals surface area contributed by atoms with E-state index in [4.69, 9.17) is 0 Å². The number of hydrogen-bond donors (Lipinski definition) is 1. The Hall–Kier alpha value is -2.61. The van der Waals surface area contributed by atoms with Gasteiger partial charge in [0.15, 0.2) is 0 Å². The van der Waals surface area contributed by atoms with Crippen molar-refractivity contribution in [1.82, 2.24) is 9.97 Å². The summed E-state index contributed by atoms with van der Waals surface area (Å²) in [7, 11) is 0. The van der Waals surface area contributed by atoms with Crippen LogP contribution in [0.5, 0.6) is 0 Å². The molecule has 0 saturated heterocycles. The van der Waals surface area contributed by atoms with Crippen LogP contribution in [0.1, 0.15) is 17.0 Å². The maximum atomic E-state index is 13.1. The van der Waals surface area contributed by atoms with E-state index in [-0.39, 0.29) is 22.2 Å². The molecule has 0 spiro atoms. The molecule has 27 heavy (non-hydrogen) atoms. The van der Waals surface area contributed by atoms with E-state index in [1.54, 1.807) is 18.2 Å². The lowest BCUT2D eigenvalue weighted by atomic mass is 10.1. The number of rotatable bonds is 4. The highest BCUT2D eigenvalue weighted by atomic mass is 32.2. The second-order valence-corrected chi connectivity index (χ2v) is 6.93. The number of fused-ring (bicyclic) bond motifs is 1. The van der Waals surface area contributed by atoms with Crippen molar-refractivity contribution in [3.05, 3.63) is 59.4 Å². The first-order valence-electron chi connectivity index (χ1n) is 8.08. The van der Waals surface area contributed by atoms with Gasteiger partial charge in [0.25, 0.3) is 0 Å². The second-order valence-electron chi connectivity index (χ2n) is 5.97. The highest BCUT2D eigenvalue weighted by Crippen LogP contribution is 2.32. The number of benzene rings is 2. The largest absolute Gasteiger partial charge is 0.451 e. The lowest BCUT2D eigenvalue weighted by Crippen LogP contribution is -2.16. The lowest BCUT2D eigenvalue weighted by Gasteiger charge is -2.12. The number of alkyl halides is 3. The van der Waals surface area contributed by atoms with E-state index in [0.29, 0.717) is 11.1 Å². The van der Waals surface area contributed by atoms with Gasteiger partial charge in [-0.25, -0.2) is 9.97 Å². The first kappa shape index (κ1) is 19.2. The molecule has 0 radical (unpaired) electrons. The van der Waals surface area contributed by atoms with Crippen LogP contribution in [0.25, 0.3) is 10.9 Å².